The number of hydrogen-bond donors (Lipinski definition) is 0. The Balaban J connectivity index is 1.28. The third-order valence-corrected chi connectivity index (χ3v) is 10.5. The van der Waals surface area contributed by atoms with Gasteiger partial charge in [-0.25, -0.2) is 0 Å². The summed E-state index contributed by atoms with van der Waals surface area (Å²) in [5, 5.41) is 22.7. The number of terminal acetylenes is 1. The Labute approximate surface area is 299 Å². The maximum absolute atomic E-state index is 10.7. The lowest BCUT2D eigenvalue weighted by atomic mass is 9.82. The second-order valence-electron chi connectivity index (χ2n) is 13.4. The third-order valence-electron chi connectivity index (χ3n) is 10.5. The minimum atomic E-state index is 0.139. The van der Waals surface area contributed by atoms with Crippen molar-refractivity contribution in [2.24, 2.45) is 11.8 Å². The molecular weight excluding hydrogens is 621 g/mol. The Kier molecular flexibility index (Phi) is 8.12. The van der Waals surface area contributed by atoms with Gasteiger partial charge in [0.05, 0.1) is 39.6 Å². The van der Waals surface area contributed by atoms with Crippen LogP contribution >= 0.6 is 0 Å². The van der Waals surface area contributed by atoms with E-state index >= 15 is 0 Å². The summed E-state index contributed by atoms with van der Waals surface area (Å²) in [4.78, 5) is 2.36. The van der Waals surface area contributed by atoms with Crippen molar-refractivity contribution in [2.75, 3.05) is 4.90 Å². The number of aromatic nitrogens is 1. The van der Waals surface area contributed by atoms with Crippen molar-refractivity contribution in [3.8, 4) is 52.4 Å². The number of nitrogens with zero attached hydrogens (tertiary/aromatic N) is 4. The summed E-state index contributed by atoms with van der Waals surface area (Å²) in [7, 11) is 0. The van der Waals surface area contributed by atoms with Crippen LogP contribution < -0.4 is 4.90 Å². The molecule has 3 unspecified atom stereocenters. The highest BCUT2D eigenvalue weighted by atomic mass is 15.2. The fraction of sp³-hybridized carbons (Fsp3) is 0.149. The van der Waals surface area contributed by atoms with Crippen molar-refractivity contribution >= 4 is 27.5 Å². The molecule has 8 rings (SSSR count). The van der Waals surface area contributed by atoms with E-state index in [9.17, 15) is 10.5 Å². The second-order valence-corrected chi connectivity index (χ2v) is 13.4. The highest BCUT2D eigenvalue weighted by Gasteiger charge is 2.41. The topological polar surface area (TPSA) is 55.8 Å². The van der Waals surface area contributed by atoms with Crippen molar-refractivity contribution in [1.29, 1.82) is 10.5 Å². The molecule has 51 heavy (non-hydrogen) atoms. The number of anilines is 1. The standard InChI is InChI=1S/C47H36N4/c1-4-6-17-43-35(5-2)40-23-20-31(3)26-46(40)50(43)42-25-22-33(28-34(42)30-49)36-13-7-8-14-37(36)38-15-9-11-18-44(38)51-45-19-12-10-16-39(45)41-24-21-32(29-48)27-47(41)51/h2,4,6-16,18-25,27-28,31,40,46H,17,26H2,1,3H3/b6-4-. The van der Waals surface area contributed by atoms with Crippen LogP contribution in [0, 0.1) is 46.8 Å². The van der Waals surface area contributed by atoms with E-state index in [-0.39, 0.29) is 12.0 Å². The van der Waals surface area contributed by atoms with Crippen molar-refractivity contribution < 1.29 is 0 Å². The molecular formula is C47H36N4. The van der Waals surface area contributed by atoms with Crippen LogP contribution in [0.5, 0.6) is 0 Å². The minimum Gasteiger partial charge on any atom is -0.339 e. The summed E-state index contributed by atoms with van der Waals surface area (Å²) >= 11 is 0. The number of allylic oxidation sites excluding steroid dienone is 3. The smallest absolute Gasteiger partial charge is 0.101 e. The number of benzene rings is 5. The molecule has 3 atom stereocenters. The van der Waals surface area contributed by atoms with Crippen molar-refractivity contribution in [3.63, 3.8) is 0 Å². The number of hydrogen-bond acceptors (Lipinski definition) is 3. The Morgan fingerprint density at radius 2 is 1.51 bits per heavy atom. The van der Waals surface area contributed by atoms with Gasteiger partial charge in [0.1, 0.15) is 6.07 Å². The Hall–Kier alpha value is -6.54. The molecule has 6 aromatic rings. The molecule has 2 aliphatic rings. The molecule has 0 radical (unpaired) electrons. The monoisotopic (exact) mass is 656 g/mol. The maximum Gasteiger partial charge on any atom is 0.101 e. The first-order valence-electron chi connectivity index (χ1n) is 17.5. The molecule has 0 bridgehead atoms. The molecule has 244 valence electrons. The highest BCUT2D eigenvalue weighted by molar-refractivity contribution is 6.10. The van der Waals surface area contributed by atoms with Crippen LogP contribution in [0.15, 0.2) is 145 Å². The van der Waals surface area contributed by atoms with Gasteiger partial charge in [-0.1, -0.05) is 110 Å². The van der Waals surface area contributed by atoms with Gasteiger partial charge >= 0.3 is 0 Å². The number of para-hydroxylation sites is 2. The predicted molar refractivity (Wildman–Crippen MR) is 209 cm³/mol. The summed E-state index contributed by atoms with van der Waals surface area (Å²) < 4.78 is 2.27. The van der Waals surface area contributed by atoms with Gasteiger partial charge < -0.3 is 9.47 Å². The number of nitriles is 2. The van der Waals surface area contributed by atoms with Crippen molar-refractivity contribution in [1.82, 2.24) is 4.57 Å². The predicted octanol–water partition coefficient (Wildman–Crippen LogP) is 11.1. The zero-order chi connectivity index (χ0) is 35.1. The molecule has 0 spiro atoms. The molecule has 0 N–H and O–H groups in total. The summed E-state index contributed by atoms with van der Waals surface area (Å²) in [5.41, 5.74) is 11.5. The summed E-state index contributed by atoms with van der Waals surface area (Å²) in [6.07, 6.45) is 16.6. The lowest BCUT2D eigenvalue weighted by Crippen LogP contribution is -2.37. The third kappa shape index (κ3) is 5.23. The molecule has 2 heterocycles. The van der Waals surface area contributed by atoms with Gasteiger partial charge in [0.25, 0.3) is 0 Å². The highest BCUT2D eigenvalue weighted by Crippen LogP contribution is 2.47. The van der Waals surface area contributed by atoms with E-state index in [1.54, 1.807) is 0 Å². The van der Waals surface area contributed by atoms with Crippen LogP contribution in [0.1, 0.15) is 37.8 Å². The first kappa shape index (κ1) is 31.7. The van der Waals surface area contributed by atoms with Gasteiger partial charge in [-0.3, -0.25) is 0 Å². The van der Waals surface area contributed by atoms with Crippen LogP contribution in [0.25, 0.3) is 49.7 Å². The van der Waals surface area contributed by atoms with Crippen molar-refractivity contribution in [3.05, 3.63) is 156 Å². The lowest BCUT2D eigenvalue weighted by Gasteiger charge is -2.35. The zero-order valence-corrected chi connectivity index (χ0v) is 28.7. The first-order chi connectivity index (χ1) is 25.1. The first-order valence-corrected chi connectivity index (χ1v) is 17.5. The number of fused-ring (bicyclic) bond motifs is 4. The normalized spacial score (nSPS) is 18.3. The van der Waals surface area contributed by atoms with Crippen LogP contribution in [-0.4, -0.2) is 10.6 Å². The van der Waals surface area contributed by atoms with Gasteiger partial charge in [-0.15, -0.1) is 6.42 Å². The largest absolute Gasteiger partial charge is 0.339 e. The van der Waals surface area contributed by atoms with E-state index in [1.807, 2.05) is 31.2 Å². The fourth-order valence-corrected chi connectivity index (χ4v) is 8.23. The number of rotatable bonds is 6. The van der Waals surface area contributed by atoms with Gasteiger partial charge in [-0.05, 0) is 72.4 Å². The van der Waals surface area contributed by atoms with E-state index in [0.29, 0.717) is 17.0 Å². The maximum atomic E-state index is 10.7. The van der Waals surface area contributed by atoms with Gasteiger partial charge in [0.2, 0.25) is 0 Å². The minimum absolute atomic E-state index is 0.139. The fourth-order valence-electron chi connectivity index (χ4n) is 8.23. The van der Waals surface area contributed by atoms with E-state index < -0.39 is 0 Å². The average Bonchev–Trinajstić information content (AvgIpc) is 3.67. The molecule has 5 aromatic carbocycles. The molecule has 0 saturated carbocycles. The van der Waals surface area contributed by atoms with E-state index in [2.05, 4.69) is 144 Å². The SMILES string of the molecule is C#CC1=C(C/C=C\C)N(c2ccc(-c3ccccc3-c3ccccc3-n3c4ccccc4c4ccc(C#N)cc43)cc2C#N)C2CC(C)C=CC12. The van der Waals surface area contributed by atoms with E-state index in [4.69, 9.17) is 6.42 Å². The summed E-state index contributed by atoms with van der Waals surface area (Å²) in [6.45, 7) is 4.27. The summed E-state index contributed by atoms with van der Waals surface area (Å²) in [6, 6.07) is 42.5. The molecule has 4 nitrogen and oxygen atoms in total. The molecule has 0 amide bonds. The lowest BCUT2D eigenvalue weighted by molar-refractivity contribution is 0.456. The second kappa shape index (κ2) is 13.1. The van der Waals surface area contributed by atoms with Crippen LogP contribution in [0.2, 0.25) is 0 Å². The molecule has 1 aromatic heterocycles. The zero-order valence-electron chi connectivity index (χ0n) is 28.7. The quantitative estimate of drug-likeness (QED) is 0.132. The van der Waals surface area contributed by atoms with Crippen LogP contribution in [0.4, 0.5) is 5.69 Å². The molecule has 0 fully saturated rings. The molecule has 4 heteroatoms. The Morgan fingerprint density at radius 1 is 0.765 bits per heavy atom. The van der Waals surface area contributed by atoms with E-state index in [0.717, 1.165) is 79.5 Å². The van der Waals surface area contributed by atoms with E-state index in [1.165, 1.54) is 0 Å². The van der Waals surface area contributed by atoms with Crippen molar-refractivity contribution in [2.45, 2.75) is 32.7 Å². The van der Waals surface area contributed by atoms with Gasteiger partial charge in [0.15, 0.2) is 0 Å². The molecule has 1 aliphatic carbocycles. The molecule has 1 aliphatic heterocycles. The average molecular weight is 657 g/mol. The van der Waals surface area contributed by atoms with Crippen LogP contribution in [0.3, 0.4) is 0 Å². The Bertz CT molecular complexity index is 2570. The van der Waals surface area contributed by atoms with Crippen LogP contribution in [-0.2, 0) is 0 Å². The van der Waals surface area contributed by atoms with Gasteiger partial charge in [0, 0.05) is 46.0 Å². The summed E-state index contributed by atoms with van der Waals surface area (Å²) in [5.74, 6) is 3.60. The molecule has 0 saturated heterocycles. The van der Waals surface area contributed by atoms with Gasteiger partial charge in [-0.2, -0.15) is 10.5 Å². The Morgan fingerprint density at radius 3 is 2.29 bits per heavy atom.